The van der Waals surface area contributed by atoms with Crippen molar-refractivity contribution in [2.45, 2.75) is 32.6 Å². The number of benzene rings is 1. The van der Waals surface area contributed by atoms with Gasteiger partial charge >= 0.3 is 0 Å². The molecule has 0 bridgehead atoms. The summed E-state index contributed by atoms with van der Waals surface area (Å²) < 4.78 is 18.8. The number of halogens is 1. The van der Waals surface area contributed by atoms with E-state index >= 15 is 0 Å². The number of rotatable bonds is 5. The number of aryl methyl sites for hydroxylation is 1. The molecule has 3 heteroatoms. The van der Waals surface area contributed by atoms with Gasteiger partial charge in [-0.15, -0.1) is 0 Å². The molecule has 0 aliphatic heterocycles. The molecule has 2 nitrogen and oxygen atoms in total. The van der Waals surface area contributed by atoms with Gasteiger partial charge in [0.15, 0.2) is 11.4 Å². The SMILES string of the molecule is CCCC(=O)CCc1cc2cccc(F)c2o1. The molecule has 1 aromatic carbocycles. The first-order valence-corrected chi connectivity index (χ1v) is 5.89. The average molecular weight is 234 g/mol. The Balaban J connectivity index is 2.10. The molecule has 0 amide bonds. The lowest BCUT2D eigenvalue weighted by Crippen LogP contribution is -1.98. The molecule has 0 saturated heterocycles. The Labute approximate surface area is 99.4 Å². The second-order valence-corrected chi connectivity index (χ2v) is 4.16. The van der Waals surface area contributed by atoms with Gasteiger partial charge in [-0.05, 0) is 18.6 Å². The second-order valence-electron chi connectivity index (χ2n) is 4.16. The first-order chi connectivity index (χ1) is 8.20. The summed E-state index contributed by atoms with van der Waals surface area (Å²) in [6.45, 7) is 1.98. The number of carbonyl (C=O) groups is 1. The number of hydrogen-bond donors (Lipinski definition) is 0. The van der Waals surface area contributed by atoms with Crippen molar-refractivity contribution in [1.82, 2.24) is 0 Å². The van der Waals surface area contributed by atoms with Crippen LogP contribution in [0.1, 0.15) is 31.9 Å². The molecule has 0 spiro atoms. The summed E-state index contributed by atoms with van der Waals surface area (Å²) in [5, 5.41) is 0.753. The quantitative estimate of drug-likeness (QED) is 0.786. The predicted octanol–water partition coefficient (Wildman–Crippen LogP) is 3.87. The van der Waals surface area contributed by atoms with E-state index in [-0.39, 0.29) is 17.2 Å². The van der Waals surface area contributed by atoms with Crippen LogP contribution in [0.5, 0.6) is 0 Å². The van der Waals surface area contributed by atoms with Crippen molar-refractivity contribution < 1.29 is 13.6 Å². The Morgan fingerprint density at radius 1 is 1.35 bits per heavy atom. The fraction of sp³-hybridized carbons (Fsp3) is 0.357. The van der Waals surface area contributed by atoms with Crippen LogP contribution in [0.3, 0.4) is 0 Å². The van der Waals surface area contributed by atoms with E-state index in [0.717, 1.165) is 11.8 Å². The Morgan fingerprint density at radius 3 is 2.88 bits per heavy atom. The lowest BCUT2D eigenvalue weighted by atomic mass is 10.1. The van der Waals surface area contributed by atoms with E-state index in [1.165, 1.54) is 6.07 Å². The maximum Gasteiger partial charge on any atom is 0.169 e. The number of carbonyl (C=O) groups excluding carboxylic acids is 1. The van der Waals surface area contributed by atoms with Crippen LogP contribution in [0.2, 0.25) is 0 Å². The summed E-state index contributed by atoms with van der Waals surface area (Å²) in [6.07, 6.45) is 2.49. The molecule has 0 radical (unpaired) electrons. The van der Waals surface area contributed by atoms with Gasteiger partial charge in [0.05, 0.1) is 0 Å². The third-order valence-electron chi connectivity index (χ3n) is 2.73. The van der Waals surface area contributed by atoms with Crippen LogP contribution in [0.25, 0.3) is 11.0 Å². The number of fused-ring (bicyclic) bond motifs is 1. The molecule has 90 valence electrons. The van der Waals surface area contributed by atoms with Crippen molar-refractivity contribution in [1.29, 1.82) is 0 Å². The molecule has 0 saturated carbocycles. The van der Waals surface area contributed by atoms with Crippen LogP contribution in [-0.4, -0.2) is 5.78 Å². The van der Waals surface area contributed by atoms with Crippen LogP contribution in [0.15, 0.2) is 28.7 Å². The van der Waals surface area contributed by atoms with Crippen LogP contribution in [0.4, 0.5) is 4.39 Å². The van der Waals surface area contributed by atoms with Gasteiger partial charge in [-0.1, -0.05) is 19.1 Å². The van der Waals surface area contributed by atoms with E-state index in [1.54, 1.807) is 18.2 Å². The van der Waals surface area contributed by atoms with Crippen molar-refractivity contribution in [3.63, 3.8) is 0 Å². The molecule has 0 atom stereocenters. The molecule has 0 aliphatic carbocycles. The van der Waals surface area contributed by atoms with Gasteiger partial charge in [-0.2, -0.15) is 0 Å². The number of Topliss-reactive ketones (excluding diaryl/α,β-unsaturated/α-hetero) is 1. The second kappa shape index (κ2) is 5.13. The topological polar surface area (TPSA) is 30.2 Å². The zero-order valence-electron chi connectivity index (χ0n) is 9.83. The van der Waals surface area contributed by atoms with Crippen molar-refractivity contribution >= 4 is 16.8 Å². The fourth-order valence-corrected chi connectivity index (χ4v) is 1.87. The van der Waals surface area contributed by atoms with E-state index in [4.69, 9.17) is 4.42 Å². The highest BCUT2D eigenvalue weighted by Gasteiger charge is 2.09. The van der Waals surface area contributed by atoms with E-state index in [0.29, 0.717) is 25.0 Å². The van der Waals surface area contributed by atoms with Crippen LogP contribution < -0.4 is 0 Å². The summed E-state index contributed by atoms with van der Waals surface area (Å²) >= 11 is 0. The minimum absolute atomic E-state index is 0.230. The zero-order valence-corrected chi connectivity index (χ0v) is 9.83. The smallest absolute Gasteiger partial charge is 0.169 e. The summed E-state index contributed by atoms with van der Waals surface area (Å²) in [5.41, 5.74) is 0.283. The highest BCUT2D eigenvalue weighted by Crippen LogP contribution is 2.22. The van der Waals surface area contributed by atoms with E-state index in [9.17, 15) is 9.18 Å². The predicted molar refractivity (Wildman–Crippen MR) is 64.4 cm³/mol. The van der Waals surface area contributed by atoms with Crippen molar-refractivity contribution in [2.75, 3.05) is 0 Å². The molecule has 2 aromatic rings. The molecule has 1 heterocycles. The molecule has 0 fully saturated rings. The summed E-state index contributed by atoms with van der Waals surface area (Å²) in [4.78, 5) is 11.4. The van der Waals surface area contributed by atoms with Gasteiger partial charge in [-0.25, -0.2) is 4.39 Å². The Bertz CT molecular complexity index is 528. The van der Waals surface area contributed by atoms with E-state index < -0.39 is 0 Å². The number of para-hydroxylation sites is 1. The van der Waals surface area contributed by atoms with Crippen molar-refractivity contribution in [3.8, 4) is 0 Å². The van der Waals surface area contributed by atoms with E-state index in [1.807, 2.05) is 6.92 Å². The van der Waals surface area contributed by atoms with Crippen LogP contribution in [-0.2, 0) is 11.2 Å². The Morgan fingerprint density at radius 2 is 2.18 bits per heavy atom. The average Bonchev–Trinajstić information content (AvgIpc) is 2.71. The lowest BCUT2D eigenvalue weighted by Gasteiger charge is -1.96. The highest BCUT2D eigenvalue weighted by atomic mass is 19.1. The Hall–Kier alpha value is -1.64. The largest absolute Gasteiger partial charge is 0.458 e. The van der Waals surface area contributed by atoms with Gasteiger partial charge in [0.2, 0.25) is 0 Å². The summed E-state index contributed by atoms with van der Waals surface area (Å²) in [6, 6.07) is 6.63. The molecular weight excluding hydrogens is 219 g/mol. The van der Waals surface area contributed by atoms with Gasteiger partial charge in [-0.3, -0.25) is 4.79 Å². The molecule has 0 aliphatic rings. The molecule has 0 N–H and O–H groups in total. The minimum atomic E-state index is -0.353. The van der Waals surface area contributed by atoms with E-state index in [2.05, 4.69) is 0 Å². The molecule has 1 aromatic heterocycles. The normalized spacial score (nSPS) is 10.9. The van der Waals surface area contributed by atoms with Gasteiger partial charge < -0.3 is 4.42 Å². The van der Waals surface area contributed by atoms with Crippen molar-refractivity contribution in [2.24, 2.45) is 0 Å². The summed E-state index contributed by atoms with van der Waals surface area (Å²) in [7, 11) is 0. The Kier molecular flexibility index (Phi) is 3.57. The molecule has 0 unspecified atom stereocenters. The number of furan rings is 1. The molecule has 2 rings (SSSR count). The molecular formula is C14H15FO2. The maximum atomic E-state index is 13.4. The van der Waals surface area contributed by atoms with Crippen LogP contribution >= 0.6 is 0 Å². The monoisotopic (exact) mass is 234 g/mol. The maximum absolute atomic E-state index is 13.4. The third-order valence-corrected chi connectivity index (χ3v) is 2.73. The fourth-order valence-electron chi connectivity index (χ4n) is 1.87. The highest BCUT2D eigenvalue weighted by molar-refractivity contribution is 5.80. The van der Waals surface area contributed by atoms with Gasteiger partial charge in [0, 0.05) is 24.6 Å². The van der Waals surface area contributed by atoms with Crippen molar-refractivity contribution in [3.05, 3.63) is 35.8 Å². The lowest BCUT2D eigenvalue weighted by molar-refractivity contribution is -0.119. The first kappa shape index (κ1) is 11.8. The first-order valence-electron chi connectivity index (χ1n) is 5.89. The standard InChI is InChI=1S/C14H15FO2/c1-2-4-11(16)7-8-12-9-10-5-3-6-13(15)14(10)17-12/h3,5-6,9H,2,4,7-8H2,1H3. The minimum Gasteiger partial charge on any atom is -0.458 e. The summed E-state index contributed by atoms with van der Waals surface area (Å²) in [5.74, 6) is 0.552. The van der Waals surface area contributed by atoms with Gasteiger partial charge in [0.1, 0.15) is 11.5 Å². The number of hydrogen-bond acceptors (Lipinski definition) is 2. The number of ketones is 1. The molecule has 17 heavy (non-hydrogen) atoms. The van der Waals surface area contributed by atoms with Crippen LogP contribution in [0, 0.1) is 5.82 Å². The third kappa shape index (κ3) is 2.73. The van der Waals surface area contributed by atoms with Gasteiger partial charge in [0.25, 0.3) is 0 Å². The zero-order chi connectivity index (χ0) is 12.3.